The quantitative estimate of drug-likeness (QED) is 0.111. The Bertz CT molecular complexity index is 449. The summed E-state index contributed by atoms with van der Waals surface area (Å²) in [5.41, 5.74) is 0. The van der Waals surface area contributed by atoms with Gasteiger partial charge in [-0.3, -0.25) is 9.59 Å². The maximum Gasteiger partial charge on any atom is 0.219 e. The molecule has 0 rings (SSSR count). The van der Waals surface area contributed by atoms with Crippen LogP contribution in [-0.4, -0.2) is 73.4 Å². The number of rotatable bonds is 28. The van der Waals surface area contributed by atoms with Crippen molar-refractivity contribution in [1.29, 1.82) is 0 Å². The molecule has 4 N–H and O–H groups in total. The average Bonchev–Trinajstić information content (AvgIpc) is 2.86. The zero-order valence-electron chi connectivity index (χ0n) is 23.5. The minimum Gasteiger partial charge on any atom is -0.396 e. The van der Waals surface area contributed by atoms with Gasteiger partial charge in [-0.25, -0.2) is 0 Å². The average molecular weight is 514 g/mol. The van der Waals surface area contributed by atoms with Gasteiger partial charge in [0.1, 0.15) is 0 Å². The van der Waals surface area contributed by atoms with Crippen LogP contribution in [0.5, 0.6) is 0 Å². The van der Waals surface area contributed by atoms with E-state index < -0.39 is 0 Å². The number of amides is 2. The molecule has 7 nitrogen and oxygen atoms in total. The summed E-state index contributed by atoms with van der Waals surface area (Å²) in [4.78, 5) is 26.2. The molecule has 0 fully saturated rings. The van der Waals surface area contributed by atoms with Gasteiger partial charge in [0.25, 0.3) is 0 Å². The van der Waals surface area contributed by atoms with Crippen LogP contribution in [0.4, 0.5) is 0 Å². The van der Waals surface area contributed by atoms with Gasteiger partial charge in [-0.1, -0.05) is 64.2 Å². The zero-order valence-corrected chi connectivity index (χ0v) is 23.5. The minimum atomic E-state index is 0.182. The Hall–Kier alpha value is -1.18. The van der Waals surface area contributed by atoms with E-state index in [9.17, 15) is 9.59 Å². The monoisotopic (exact) mass is 513 g/mol. The first-order valence-electron chi connectivity index (χ1n) is 15.0. The Morgan fingerprint density at radius 3 is 1.22 bits per heavy atom. The normalized spacial score (nSPS) is 11.2. The molecule has 0 aromatic rings. The topological polar surface area (TPSA) is 102 Å². The standard InChI is InChI=1S/C29H59N3O4/c1-32(24-16-10-12-20-28(35)30-22-14-6-2-4-8-18-26-33)25-17-11-13-21-29(36)31-23-15-7-3-5-9-19-27-34/h33-34H,2-27H2,1H3,(H,30,35)(H,31,36). The van der Waals surface area contributed by atoms with Gasteiger partial charge in [0.15, 0.2) is 0 Å². The Morgan fingerprint density at radius 1 is 0.500 bits per heavy atom. The third-order valence-corrected chi connectivity index (χ3v) is 6.70. The first kappa shape index (κ1) is 34.8. The molecule has 36 heavy (non-hydrogen) atoms. The van der Waals surface area contributed by atoms with Crippen LogP contribution < -0.4 is 10.6 Å². The number of nitrogens with zero attached hydrogens (tertiary/aromatic N) is 1. The number of aliphatic hydroxyl groups excluding tert-OH is 2. The fraction of sp³-hybridized carbons (Fsp3) is 0.931. The molecule has 0 bridgehead atoms. The summed E-state index contributed by atoms with van der Waals surface area (Å²) in [5, 5.41) is 23.6. The van der Waals surface area contributed by atoms with Crippen molar-refractivity contribution in [3.63, 3.8) is 0 Å². The Kier molecular flexibility index (Phi) is 27.5. The summed E-state index contributed by atoms with van der Waals surface area (Å²) < 4.78 is 0. The van der Waals surface area contributed by atoms with Crippen LogP contribution >= 0.6 is 0 Å². The second-order valence-corrected chi connectivity index (χ2v) is 10.3. The Labute approximate surface area is 222 Å². The van der Waals surface area contributed by atoms with Gasteiger partial charge in [0.2, 0.25) is 11.8 Å². The number of carbonyl (C=O) groups excluding carboxylic acids is 2. The van der Waals surface area contributed by atoms with E-state index in [0.717, 1.165) is 116 Å². The van der Waals surface area contributed by atoms with E-state index in [0.29, 0.717) is 26.1 Å². The van der Waals surface area contributed by atoms with E-state index in [4.69, 9.17) is 10.2 Å². The predicted octanol–water partition coefficient (Wildman–Crippen LogP) is 4.94. The lowest BCUT2D eigenvalue weighted by atomic mass is 10.1. The van der Waals surface area contributed by atoms with Crippen LogP contribution in [0.1, 0.15) is 128 Å². The minimum absolute atomic E-state index is 0.182. The molecule has 0 aromatic heterocycles. The van der Waals surface area contributed by atoms with Crippen molar-refractivity contribution >= 4 is 11.8 Å². The molecule has 0 aromatic carbocycles. The van der Waals surface area contributed by atoms with Crippen molar-refractivity contribution in [1.82, 2.24) is 15.5 Å². The first-order valence-corrected chi connectivity index (χ1v) is 15.0. The highest BCUT2D eigenvalue weighted by molar-refractivity contribution is 5.76. The van der Waals surface area contributed by atoms with E-state index in [1.54, 1.807) is 0 Å². The summed E-state index contributed by atoms with van der Waals surface area (Å²) in [6, 6.07) is 0. The van der Waals surface area contributed by atoms with Crippen molar-refractivity contribution in [2.75, 3.05) is 46.4 Å². The predicted molar refractivity (Wildman–Crippen MR) is 150 cm³/mol. The molecule has 0 unspecified atom stereocenters. The molecular weight excluding hydrogens is 454 g/mol. The van der Waals surface area contributed by atoms with Gasteiger partial charge in [-0.2, -0.15) is 0 Å². The lowest BCUT2D eigenvalue weighted by Gasteiger charge is -2.16. The molecule has 7 heteroatoms. The molecule has 0 saturated carbocycles. The van der Waals surface area contributed by atoms with Crippen LogP contribution in [-0.2, 0) is 9.59 Å². The lowest BCUT2D eigenvalue weighted by Crippen LogP contribution is -2.24. The number of nitrogens with one attached hydrogen (secondary N) is 2. The third kappa shape index (κ3) is 27.4. The summed E-state index contributed by atoms with van der Waals surface area (Å²) in [5.74, 6) is 0.365. The maximum absolute atomic E-state index is 11.9. The van der Waals surface area contributed by atoms with Crippen molar-refractivity contribution in [2.24, 2.45) is 0 Å². The van der Waals surface area contributed by atoms with Crippen molar-refractivity contribution in [3.05, 3.63) is 0 Å². The molecule has 0 aliphatic carbocycles. The van der Waals surface area contributed by atoms with Crippen LogP contribution in [0.3, 0.4) is 0 Å². The van der Waals surface area contributed by atoms with Gasteiger partial charge < -0.3 is 25.7 Å². The molecular formula is C29H59N3O4. The second kappa shape index (κ2) is 28.4. The summed E-state index contributed by atoms with van der Waals surface area (Å²) in [6.07, 6.45) is 20.8. The van der Waals surface area contributed by atoms with Gasteiger partial charge >= 0.3 is 0 Å². The van der Waals surface area contributed by atoms with Crippen molar-refractivity contribution in [3.8, 4) is 0 Å². The van der Waals surface area contributed by atoms with Crippen LogP contribution in [0.25, 0.3) is 0 Å². The van der Waals surface area contributed by atoms with Crippen molar-refractivity contribution < 1.29 is 19.8 Å². The van der Waals surface area contributed by atoms with Crippen LogP contribution in [0.2, 0.25) is 0 Å². The molecule has 0 atom stereocenters. The summed E-state index contributed by atoms with van der Waals surface area (Å²) >= 11 is 0. The maximum atomic E-state index is 11.9. The number of aliphatic hydroxyl groups is 2. The number of unbranched alkanes of at least 4 members (excludes halogenated alkanes) is 14. The number of carbonyl (C=O) groups is 2. The lowest BCUT2D eigenvalue weighted by molar-refractivity contribution is -0.122. The largest absolute Gasteiger partial charge is 0.396 e. The van der Waals surface area contributed by atoms with Crippen LogP contribution in [0, 0.1) is 0 Å². The number of hydrogen-bond donors (Lipinski definition) is 4. The molecule has 0 heterocycles. The van der Waals surface area contributed by atoms with E-state index in [2.05, 4.69) is 22.6 Å². The molecule has 2 amide bonds. The molecule has 0 saturated heterocycles. The van der Waals surface area contributed by atoms with Gasteiger partial charge in [0.05, 0.1) is 0 Å². The Balaban J connectivity index is 3.37. The molecule has 0 aliphatic rings. The van der Waals surface area contributed by atoms with E-state index in [-0.39, 0.29) is 11.8 Å². The zero-order chi connectivity index (χ0) is 26.5. The highest BCUT2D eigenvalue weighted by Gasteiger charge is 2.04. The van der Waals surface area contributed by atoms with E-state index >= 15 is 0 Å². The summed E-state index contributed by atoms with van der Waals surface area (Å²) in [7, 11) is 2.16. The highest BCUT2D eigenvalue weighted by atomic mass is 16.3. The number of hydrogen-bond acceptors (Lipinski definition) is 5. The Morgan fingerprint density at radius 2 is 0.833 bits per heavy atom. The van der Waals surface area contributed by atoms with Gasteiger partial charge in [-0.15, -0.1) is 0 Å². The smallest absolute Gasteiger partial charge is 0.219 e. The van der Waals surface area contributed by atoms with Crippen LogP contribution in [0.15, 0.2) is 0 Å². The molecule has 214 valence electrons. The fourth-order valence-corrected chi connectivity index (χ4v) is 4.32. The SMILES string of the molecule is CN(CCCCCC(=O)NCCCCCCCCO)CCCCCC(=O)NCCCCCCCCO. The van der Waals surface area contributed by atoms with E-state index in [1.165, 1.54) is 25.7 Å². The highest BCUT2D eigenvalue weighted by Crippen LogP contribution is 2.07. The third-order valence-electron chi connectivity index (χ3n) is 6.70. The fourth-order valence-electron chi connectivity index (χ4n) is 4.32. The van der Waals surface area contributed by atoms with Crippen molar-refractivity contribution in [2.45, 2.75) is 128 Å². The van der Waals surface area contributed by atoms with Gasteiger partial charge in [0, 0.05) is 39.1 Å². The summed E-state index contributed by atoms with van der Waals surface area (Å²) in [6.45, 7) is 4.30. The molecule has 0 spiro atoms. The van der Waals surface area contributed by atoms with E-state index in [1.807, 2.05) is 0 Å². The second-order valence-electron chi connectivity index (χ2n) is 10.3. The first-order chi connectivity index (χ1) is 17.6. The van der Waals surface area contributed by atoms with Gasteiger partial charge in [-0.05, 0) is 71.5 Å². The molecule has 0 aliphatic heterocycles. The molecule has 0 radical (unpaired) electrons.